The van der Waals surface area contributed by atoms with Crippen molar-refractivity contribution in [1.82, 2.24) is 0 Å². The molecule has 0 radical (unpaired) electrons. The summed E-state index contributed by atoms with van der Waals surface area (Å²) < 4.78 is 9.63. The van der Waals surface area contributed by atoms with Gasteiger partial charge in [-0.1, -0.05) is 146 Å². The largest absolute Gasteiger partial charge is 0.453 e. The maximum Gasteiger partial charge on any atom is 0.159 e. The number of fused-ring (bicyclic) bond motifs is 11. The van der Waals surface area contributed by atoms with Gasteiger partial charge in [0.15, 0.2) is 5.58 Å². The van der Waals surface area contributed by atoms with Crippen molar-refractivity contribution in [3.63, 3.8) is 0 Å². The van der Waals surface area contributed by atoms with E-state index in [0.717, 1.165) is 44.4 Å². The van der Waals surface area contributed by atoms with Gasteiger partial charge in [0.25, 0.3) is 0 Å². The van der Waals surface area contributed by atoms with Crippen molar-refractivity contribution in [2.75, 3.05) is 4.90 Å². The third-order valence-corrected chi connectivity index (χ3v) is 12.8. The van der Waals surface area contributed by atoms with Crippen LogP contribution >= 0.6 is 11.3 Å². The third-order valence-electron chi connectivity index (χ3n) is 11.6. The molecule has 0 atom stereocenters. The molecule has 0 saturated heterocycles. The molecule has 2 heterocycles. The van der Waals surface area contributed by atoms with Gasteiger partial charge in [-0.3, -0.25) is 0 Å². The molecule has 0 aliphatic heterocycles. The van der Waals surface area contributed by atoms with Gasteiger partial charge in [-0.2, -0.15) is 0 Å². The number of thiophene rings is 1. The van der Waals surface area contributed by atoms with Crippen molar-refractivity contribution in [2.45, 2.75) is 0 Å². The van der Waals surface area contributed by atoms with Crippen molar-refractivity contribution in [3.8, 4) is 22.3 Å². The molecule has 0 aliphatic carbocycles. The Bertz CT molecular complexity index is 3540. The van der Waals surface area contributed by atoms with Gasteiger partial charge in [0.1, 0.15) is 5.58 Å². The van der Waals surface area contributed by atoms with E-state index in [4.69, 9.17) is 4.42 Å². The highest BCUT2D eigenvalue weighted by molar-refractivity contribution is 7.25. The lowest BCUT2D eigenvalue weighted by molar-refractivity contribution is 0.673. The first-order chi connectivity index (χ1) is 28.2. The number of para-hydroxylation sites is 1. The lowest BCUT2D eigenvalue weighted by Gasteiger charge is -2.27. The van der Waals surface area contributed by atoms with Crippen LogP contribution in [0.1, 0.15) is 0 Å². The molecule has 0 N–H and O–H groups in total. The van der Waals surface area contributed by atoms with E-state index in [1.54, 1.807) is 0 Å². The molecule has 0 amide bonds. The molecule has 266 valence electrons. The summed E-state index contributed by atoms with van der Waals surface area (Å²) in [4.78, 5) is 2.39. The Morgan fingerprint density at radius 3 is 1.84 bits per heavy atom. The molecule has 0 spiro atoms. The van der Waals surface area contributed by atoms with Crippen molar-refractivity contribution < 1.29 is 4.42 Å². The monoisotopic (exact) mass is 743 g/mol. The van der Waals surface area contributed by atoms with E-state index in [1.165, 1.54) is 69.4 Å². The average molecular weight is 744 g/mol. The Labute approximate surface area is 333 Å². The van der Waals surface area contributed by atoms with Crippen LogP contribution in [0.5, 0.6) is 0 Å². The van der Waals surface area contributed by atoms with Crippen molar-refractivity contribution >= 4 is 103 Å². The van der Waals surface area contributed by atoms with E-state index in [9.17, 15) is 0 Å². The lowest BCUT2D eigenvalue weighted by atomic mass is 9.92. The maximum atomic E-state index is 7.01. The van der Waals surface area contributed by atoms with Crippen LogP contribution in [0.3, 0.4) is 0 Å². The molecule has 0 fully saturated rings. The number of furan rings is 1. The Morgan fingerprint density at radius 2 is 0.965 bits per heavy atom. The zero-order valence-electron chi connectivity index (χ0n) is 30.8. The minimum Gasteiger partial charge on any atom is -0.453 e. The molecule has 12 rings (SSSR count). The number of hydrogen-bond donors (Lipinski definition) is 0. The molecule has 0 saturated carbocycles. The average Bonchev–Trinajstić information content (AvgIpc) is 3.86. The summed E-state index contributed by atoms with van der Waals surface area (Å²) in [5.41, 5.74) is 9.62. The van der Waals surface area contributed by atoms with Crippen LogP contribution in [0.15, 0.2) is 205 Å². The lowest BCUT2D eigenvalue weighted by Crippen LogP contribution is -2.10. The number of hydrogen-bond acceptors (Lipinski definition) is 3. The van der Waals surface area contributed by atoms with Crippen LogP contribution in [0.25, 0.3) is 96.7 Å². The van der Waals surface area contributed by atoms with E-state index in [2.05, 4.69) is 205 Å². The van der Waals surface area contributed by atoms with E-state index in [-0.39, 0.29) is 0 Å². The van der Waals surface area contributed by atoms with Crippen molar-refractivity contribution in [1.29, 1.82) is 0 Å². The summed E-state index contributed by atoms with van der Waals surface area (Å²) >= 11 is 1.86. The summed E-state index contributed by atoms with van der Waals surface area (Å²) in [6, 6.07) is 72.8. The van der Waals surface area contributed by atoms with Gasteiger partial charge in [-0.25, -0.2) is 0 Å². The topological polar surface area (TPSA) is 16.4 Å². The quantitative estimate of drug-likeness (QED) is 0.163. The first-order valence-electron chi connectivity index (χ1n) is 19.4. The van der Waals surface area contributed by atoms with Crippen LogP contribution in [0, 0.1) is 0 Å². The fourth-order valence-electron chi connectivity index (χ4n) is 8.92. The SMILES string of the molecule is c1ccc(-c2cc(N(c3ccc4ccc5ccccc5c4c3)c3cccc4c3oc3c5ccccc5ccc43)ccc2-c2ccc3sc4ccccc4c3c2)cc1. The molecule has 2 aromatic heterocycles. The summed E-state index contributed by atoms with van der Waals surface area (Å²) in [5, 5.41) is 12.0. The van der Waals surface area contributed by atoms with Gasteiger partial charge in [0, 0.05) is 47.7 Å². The number of nitrogens with zero attached hydrogens (tertiary/aromatic N) is 1. The van der Waals surface area contributed by atoms with Gasteiger partial charge < -0.3 is 9.32 Å². The van der Waals surface area contributed by atoms with E-state index < -0.39 is 0 Å². The highest BCUT2D eigenvalue weighted by Crippen LogP contribution is 2.47. The van der Waals surface area contributed by atoms with Crippen LogP contribution in [0.2, 0.25) is 0 Å². The highest BCUT2D eigenvalue weighted by Gasteiger charge is 2.22. The summed E-state index contributed by atoms with van der Waals surface area (Å²) in [7, 11) is 0. The predicted molar refractivity (Wildman–Crippen MR) is 245 cm³/mol. The highest BCUT2D eigenvalue weighted by atomic mass is 32.1. The second kappa shape index (κ2) is 12.7. The summed E-state index contributed by atoms with van der Waals surface area (Å²) in [6.07, 6.45) is 0. The minimum atomic E-state index is 0.863. The maximum absolute atomic E-state index is 7.01. The molecule has 10 aromatic carbocycles. The predicted octanol–water partition coefficient (Wildman–Crippen LogP) is 16.2. The first-order valence-corrected chi connectivity index (χ1v) is 20.2. The molecular formula is C54H33NOS. The van der Waals surface area contributed by atoms with Gasteiger partial charge >= 0.3 is 0 Å². The first kappa shape index (κ1) is 32.1. The molecule has 57 heavy (non-hydrogen) atoms. The summed E-state index contributed by atoms with van der Waals surface area (Å²) in [6.45, 7) is 0. The standard InChI is InChI=1S/C54H33NOS/c1-2-11-34(12-3-1)47-33-40(27-29-42(47)38-25-30-52-49(31-38)44-17-8-9-20-51(44)57-52)55(39-26-23-37-22-21-35-13-4-6-15-41(35)48(37)32-39)50-19-10-18-45-46-28-24-36-14-5-7-16-43(36)53(46)56-54(45)50/h1-33H. The van der Waals surface area contributed by atoms with E-state index in [0.29, 0.717) is 0 Å². The normalized spacial score (nSPS) is 11.9. The molecule has 12 aromatic rings. The number of anilines is 3. The Morgan fingerprint density at radius 1 is 0.333 bits per heavy atom. The fourth-order valence-corrected chi connectivity index (χ4v) is 10.0. The molecule has 0 bridgehead atoms. The Balaban J connectivity index is 1.13. The van der Waals surface area contributed by atoms with Crippen LogP contribution < -0.4 is 4.90 Å². The fraction of sp³-hybridized carbons (Fsp3) is 0. The minimum absolute atomic E-state index is 0.863. The van der Waals surface area contributed by atoms with E-state index in [1.807, 2.05) is 11.3 Å². The van der Waals surface area contributed by atoms with E-state index >= 15 is 0 Å². The number of rotatable bonds is 5. The molecule has 0 aliphatic rings. The third kappa shape index (κ3) is 5.10. The Kier molecular flexibility index (Phi) is 7.13. The van der Waals surface area contributed by atoms with Gasteiger partial charge in [0.05, 0.1) is 5.69 Å². The second-order valence-electron chi connectivity index (χ2n) is 14.9. The van der Waals surface area contributed by atoms with Crippen LogP contribution in [-0.2, 0) is 0 Å². The molecule has 2 nitrogen and oxygen atoms in total. The second-order valence-corrected chi connectivity index (χ2v) is 15.9. The van der Waals surface area contributed by atoms with Crippen LogP contribution in [0.4, 0.5) is 17.1 Å². The van der Waals surface area contributed by atoms with Crippen molar-refractivity contribution in [3.05, 3.63) is 200 Å². The smallest absolute Gasteiger partial charge is 0.159 e. The Hall–Kier alpha value is -7.20. The molecular weight excluding hydrogens is 711 g/mol. The summed E-state index contributed by atoms with van der Waals surface area (Å²) in [5.74, 6) is 0. The van der Waals surface area contributed by atoms with Crippen molar-refractivity contribution in [2.24, 2.45) is 0 Å². The molecule has 0 unspecified atom stereocenters. The number of benzene rings is 10. The zero-order valence-corrected chi connectivity index (χ0v) is 31.6. The van der Waals surface area contributed by atoms with Gasteiger partial charge in [-0.05, 0) is 104 Å². The van der Waals surface area contributed by atoms with Gasteiger partial charge in [-0.15, -0.1) is 11.3 Å². The molecule has 3 heteroatoms. The van der Waals surface area contributed by atoms with Crippen LogP contribution in [-0.4, -0.2) is 0 Å². The zero-order chi connectivity index (χ0) is 37.5. The van der Waals surface area contributed by atoms with Gasteiger partial charge in [0.2, 0.25) is 0 Å².